The van der Waals surface area contributed by atoms with E-state index in [-0.39, 0.29) is 40.4 Å². The molecule has 0 saturated carbocycles. The Morgan fingerprint density at radius 1 is 0.323 bits per heavy atom. The fraction of sp³-hybridized carbons (Fsp3) is 0. The van der Waals surface area contributed by atoms with E-state index < -0.39 is 0 Å². The molecule has 0 amide bonds. The van der Waals surface area contributed by atoms with Crippen LogP contribution in [0.1, 0.15) is 0 Å². The van der Waals surface area contributed by atoms with Crippen LogP contribution in [0.2, 0.25) is 0 Å². The zero-order chi connectivity index (χ0) is 20.4. The number of rotatable bonds is 0. The fourth-order valence-corrected chi connectivity index (χ4v) is 3.19. The summed E-state index contributed by atoms with van der Waals surface area (Å²) in [5.41, 5.74) is 0. The second-order valence-electron chi connectivity index (χ2n) is 6.77. The largest absolute Gasteiger partial charge is 3.00 e. The molecule has 0 heterocycles. The molecular formula is C30H21Sm. The molecule has 1 heteroatoms. The molecule has 6 aromatic rings. The molecular weight excluding hydrogens is 511 g/mol. The summed E-state index contributed by atoms with van der Waals surface area (Å²) in [5.74, 6) is 0. The molecule has 0 atom stereocenters. The van der Waals surface area contributed by atoms with Crippen LogP contribution in [-0.4, -0.2) is 0 Å². The van der Waals surface area contributed by atoms with E-state index in [9.17, 15) is 0 Å². The van der Waals surface area contributed by atoms with E-state index in [4.69, 9.17) is 0 Å². The molecule has 0 nitrogen and oxygen atoms in total. The van der Waals surface area contributed by atoms with Crippen molar-refractivity contribution >= 4 is 32.3 Å². The monoisotopic (exact) mass is 533 g/mol. The van der Waals surface area contributed by atoms with E-state index >= 15 is 0 Å². The minimum atomic E-state index is 0. The average molecular weight is 532 g/mol. The second kappa shape index (κ2) is 12.3. The first-order chi connectivity index (χ1) is 14.9. The molecule has 147 valence electrons. The standard InChI is InChI=1S/3C10H7.Sm/c3*1-2-6-10-8-4-3-7-9(10)5-1;/h3*1-7H;/q3*-1;+3. The van der Waals surface area contributed by atoms with Gasteiger partial charge in [0.1, 0.15) is 0 Å². The Morgan fingerprint density at radius 3 is 0.871 bits per heavy atom. The van der Waals surface area contributed by atoms with Crippen LogP contribution in [0.3, 0.4) is 0 Å². The van der Waals surface area contributed by atoms with Crippen molar-refractivity contribution in [3.63, 3.8) is 0 Å². The Balaban J connectivity index is 0.000000130. The van der Waals surface area contributed by atoms with Gasteiger partial charge in [0.25, 0.3) is 0 Å². The van der Waals surface area contributed by atoms with E-state index in [0.29, 0.717) is 0 Å². The van der Waals surface area contributed by atoms with Crippen molar-refractivity contribution in [2.75, 3.05) is 0 Å². The minimum Gasteiger partial charge on any atom is -0.147 e. The van der Waals surface area contributed by atoms with Gasteiger partial charge in [0, 0.05) is 0 Å². The number of hydrogen-bond donors (Lipinski definition) is 0. The van der Waals surface area contributed by atoms with E-state index in [2.05, 4.69) is 72.8 Å². The molecule has 0 bridgehead atoms. The van der Waals surface area contributed by atoms with Gasteiger partial charge in [-0.3, -0.25) is 0 Å². The quantitative estimate of drug-likeness (QED) is 0.175. The molecule has 0 aliphatic rings. The smallest absolute Gasteiger partial charge is 0.147 e. The van der Waals surface area contributed by atoms with E-state index in [1.807, 2.05) is 72.8 Å². The minimum absolute atomic E-state index is 0. The Morgan fingerprint density at radius 2 is 0.581 bits per heavy atom. The normalized spacial score (nSPS) is 9.68. The summed E-state index contributed by atoms with van der Waals surface area (Å²) in [6.45, 7) is 0. The Kier molecular flexibility index (Phi) is 9.19. The predicted molar refractivity (Wildman–Crippen MR) is 128 cm³/mol. The van der Waals surface area contributed by atoms with Crippen molar-refractivity contribution in [3.8, 4) is 0 Å². The van der Waals surface area contributed by atoms with Gasteiger partial charge in [-0.15, -0.1) is 142 Å². The molecule has 31 heavy (non-hydrogen) atoms. The van der Waals surface area contributed by atoms with E-state index in [0.717, 1.165) is 0 Å². The van der Waals surface area contributed by atoms with Crippen LogP contribution in [0.15, 0.2) is 127 Å². The molecule has 0 aromatic heterocycles. The van der Waals surface area contributed by atoms with Gasteiger partial charge < -0.3 is 0 Å². The van der Waals surface area contributed by atoms with Crippen molar-refractivity contribution in [1.29, 1.82) is 0 Å². The Labute approximate surface area is 216 Å². The van der Waals surface area contributed by atoms with E-state index in [1.165, 1.54) is 32.3 Å². The molecule has 1 radical (unpaired) electrons. The summed E-state index contributed by atoms with van der Waals surface area (Å²) in [5, 5.41) is 7.32. The molecule has 0 aliphatic carbocycles. The number of benzene rings is 6. The van der Waals surface area contributed by atoms with Crippen LogP contribution < -0.4 is 0 Å². The number of fused-ring (bicyclic) bond motifs is 3. The summed E-state index contributed by atoms with van der Waals surface area (Å²) in [6.07, 6.45) is 0. The van der Waals surface area contributed by atoms with Crippen LogP contribution >= 0.6 is 0 Å². The summed E-state index contributed by atoms with van der Waals surface area (Å²) in [7, 11) is 0. The van der Waals surface area contributed by atoms with Crippen molar-refractivity contribution < 1.29 is 40.4 Å². The predicted octanol–water partition coefficient (Wildman–Crippen LogP) is 7.92. The SMILES string of the molecule is [Sm+3].[c-]1cccc2ccccc12.[c-]1cccc2ccccc12.[c-]1cccc2ccccc12. The third-order valence-corrected chi connectivity index (χ3v) is 4.71. The van der Waals surface area contributed by atoms with Crippen molar-refractivity contribution in [3.05, 3.63) is 146 Å². The van der Waals surface area contributed by atoms with Crippen LogP contribution in [0.25, 0.3) is 32.3 Å². The first-order valence-electron chi connectivity index (χ1n) is 9.96. The maximum absolute atomic E-state index is 3.15. The molecule has 6 aromatic carbocycles. The van der Waals surface area contributed by atoms with Gasteiger partial charge in [-0.1, -0.05) is 36.4 Å². The molecule has 0 fully saturated rings. The van der Waals surface area contributed by atoms with Gasteiger partial charge in [0.2, 0.25) is 0 Å². The summed E-state index contributed by atoms with van der Waals surface area (Å²) in [4.78, 5) is 0. The fourth-order valence-electron chi connectivity index (χ4n) is 3.19. The first kappa shape index (κ1) is 23.1. The third kappa shape index (κ3) is 6.71. The Hall–Kier alpha value is -2.56. The summed E-state index contributed by atoms with van der Waals surface area (Å²) in [6, 6.07) is 52.2. The maximum atomic E-state index is 3.15. The van der Waals surface area contributed by atoms with Crippen molar-refractivity contribution in [2.24, 2.45) is 0 Å². The molecule has 0 spiro atoms. The Bertz CT molecular complexity index is 989. The van der Waals surface area contributed by atoms with Crippen molar-refractivity contribution in [1.82, 2.24) is 0 Å². The van der Waals surface area contributed by atoms with Crippen LogP contribution in [0, 0.1) is 58.6 Å². The van der Waals surface area contributed by atoms with Gasteiger partial charge in [-0.25, -0.2) is 0 Å². The molecule has 0 N–H and O–H groups in total. The van der Waals surface area contributed by atoms with Gasteiger partial charge in [0.05, 0.1) is 0 Å². The summed E-state index contributed by atoms with van der Waals surface area (Å²) < 4.78 is 0. The van der Waals surface area contributed by atoms with Crippen LogP contribution in [0.4, 0.5) is 0 Å². The van der Waals surface area contributed by atoms with E-state index in [1.54, 1.807) is 0 Å². The van der Waals surface area contributed by atoms with Crippen molar-refractivity contribution in [2.45, 2.75) is 0 Å². The van der Waals surface area contributed by atoms with Gasteiger partial charge in [-0.2, -0.15) is 0 Å². The average Bonchev–Trinajstić information content (AvgIpc) is 2.85. The first-order valence-corrected chi connectivity index (χ1v) is 9.96. The molecule has 0 saturated heterocycles. The maximum Gasteiger partial charge on any atom is 3.00 e. The third-order valence-electron chi connectivity index (χ3n) is 4.71. The molecule has 0 unspecified atom stereocenters. The topological polar surface area (TPSA) is 0 Å². The second-order valence-corrected chi connectivity index (χ2v) is 6.77. The number of hydrogen-bond acceptors (Lipinski definition) is 0. The van der Waals surface area contributed by atoms with Gasteiger partial charge in [0.15, 0.2) is 0 Å². The van der Waals surface area contributed by atoms with Gasteiger partial charge >= 0.3 is 40.4 Å². The zero-order valence-corrected chi connectivity index (χ0v) is 19.7. The van der Waals surface area contributed by atoms with Crippen LogP contribution in [0.5, 0.6) is 0 Å². The zero-order valence-electron chi connectivity index (χ0n) is 17.0. The van der Waals surface area contributed by atoms with Gasteiger partial charge in [-0.05, 0) is 0 Å². The molecule has 6 rings (SSSR count). The van der Waals surface area contributed by atoms with Crippen LogP contribution in [-0.2, 0) is 0 Å². The summed E-state index contributed by atoms with van der Waals surface area (Å²) >= 11 is 0. The molecule has 0 aliphatic heterocycles.